The zero-order valence-electron chi connectivity index (χ0n) is 18.5. The van der Waals surface area contributed by atoms with Crippen molar-refractivity contribution in [2.45, 2.75) is 31.5 Å². The highest BCUT2D eigenvalue weighted by Gasteiger charge is 2.34. The summed E-state index contributed by atoms with van der Waals surface area (Å²) in [6.45, 7) is 4.45. The van der Waals surface area contributed by atoms with Crippen LogP contribution in [0, 0.1) is 13.8 Å². The van der Waals surface area contributed by atoms with E-state index in [0.717, 1.165) is 11.3 Å². The molecular formula is C23H22BrN5O4S. The zero-order chi connectivity index (χ0) is 24.4. The largest absolute Gasteiger partial charge is 0.478 e. The van der Waals surface area contributed by atoms with Crippen molar-refractivity contribution in [2.75, 3.05) is 17.2 Å². The topological polar surface area (TPSA) is 117 Å². The van der Waals surface area contributed by atoms with Crippen molar-refractivity contribution < 1.29 is 19.5 Å². The van der Waals surface area contributed by atoms with Crippen LogP contribution < -0.4 is 10.2 Å². The van der Waals surface area contributed by atoms with Gasteiger partial charge in [0.05, 0.1) is 11.3 Å². The van der Waals surface area contributed by atoms with Crippen LogP contribution in [-0.4, -0.2) is 56.0 Å². The molecule has 4 rings (SSSR count). The fraction of sp³-hybridized carbons (Fsp3) is 0.261. The predicted molar refractivity (Wildman–Crippen MR) is 132 cm³/mol. The third kappa shape index (κ3) is 5.15. The lowest BCUT2D eigenvalue weighted by molar-refractivity contribution is -0.124. The molecule has 0 bridgehead atoms. The number of thioether (sulfide) groups is 1. The molecule has 9 nitrogen and oxygen atoms in total. The molecule has 1 atom stereocenters. The number of aromatic carboxylic acids is 1. The minimum atomic E-state index is -1.08. The molecule has 34 heavy (non-hydrogen) atoms. The maximum absolute atomic E-state index is 12.9. The first-order valence-corrected chi connectivity index (χ1v) is 12.3. The number of halogens is 1. The van der Waals surface area contributed by atoms with Crippen molar-refractivity contribution in [3.05, 3.63) is 63.9 Å². The Bertz CT molecular complexity index is 1280. The van der Waals surface area contributed by atoms with Crippen LogP contribution in [0.1, 0.15) is 27.9 Å². The number of aryl methyl sites for hydroxylation is 2. The van der Waals surface area contributed by atoms with Gasteiger partial charge in [-0.05, 0) is 61.7 Å². The fourth-order valence-electron chi connectivity index (χ4n) is 3.67. The number of carbonyl (C=O) groups excluding carboxylic acids is 2. The number of nitrogens with zero attached hydrogens (tertiary/aromatic N) is 4. The van der Waals surface area contributed by atoms with E-state index < -0.39 is 12.0 Å². The van der Waals surface area contributed by atoms with Crippen LogP contribution in [0.5, 0.6) is 0 Å². The van der Waals surface area contributed by atoms with E-state index >= 15 is 0 Å². The number of aromatic nitrogens is 3. The molecule has 1 unspecified atom stereocenters. The summed E-state index contributed by atoms with van der Waals surface area (Å²) in [5.41, 5.74) is 3.79. The van der Waals surface area contributed by atoms with Crippen LogP contribution in [0.4, 0.5) is 5.69 Å². The number of carbonyl (C=O) groups is 3. The van der Waals surface area contributed by atoms with Crippen molar-refractivity contribution >= 4 is 51.2 Å². The van der Waals surface area contributed by atoms with E-state index in [1.165, 1.54) is 34.4 Å². The lowest BCUT2D eigenvalue weighted by Gasteiger charge is -2.18. The van der Waals surface area contributed by atoms with E-state index in [1.54, 1.807) is 12.4 Å². The van der Waals surface area contributed by atoms with Gasteiger partial charge in [-0.2, -0.15) is 0 Å². The standard InChI is InChI=1S/C23H22BrN5O4S/c1-13-3-4-17(7-14(13)2)29-12-25-27-23(29)34-11-20(30)26-19-5-6-28(21(19)31)18-9-15(22(32)33)8-16(24)10-18/h3-4,7-10,12,19H,5-6,11H2,1-2H3,(H,26,30)(H,32,33). The van der Waals surface area contributed by atoms with Crippen molar-refractivity contribution in [1.29, 1.82) is 0 Å². The average Bonchev–Trinajstić information content (AvgIpc) is 3.40. The van der Waals surface area contributed by atoms with E-state index in [9.17, 15) is 19.5 Å². The van der Waals surface area contributed by atoms with Crippen LogP contribution in [0.25, 0.3) is 5.69 Å². The van der Waals surface area contributed by atoms with Gasteiger partial charge in [0.25, 0.3) is 0 Å². The van der Waals surface area contributed by atoms with Crippen molar-refractivity contribution in [3.63, 3.8) is 0 Å². The van der Waals surface area contributed by atoms with Gasteiger partial charge in [-0.1, -0.05) is 33.8 Å². The Balaban J connectivity index is 1.38. The predicted octanol–water partition coefficient (Wildman–Crippen LogP) is 3.36. The summed E-state index contributed by atoms with van der Waals surface area (Å²) in [5.74, 6) is -1.57. The molecule has 1 aliphatic heterocycles. The van der Waals surface area contributed by atoms with E-state index in [4.69, 9.17) is 0 Å². The van der Waals surface area contributed by atoms with Crippen LogP contribution in [0.15, 0.2) is 52.4 Å². The maximum Gasteiger partial charge on any atom is 0.335 e. The summed E-state index contributed by atoms with van der Waals surface area (Å²) in [7, 11) is 0. The summed E-state index contributed by atoms with van der Waals surface area (Å²) in [6.07, 6.45) is 2.04. The third-order valence-corrected chi connectivity index (χ3v) is 7.00. The Kier molecular flexibility index (Phi) is 7.03. The Labute approximate surface area is 208 Å². The number of carboxylic acid groups (broad SMARTS) is 1. The molecule has 1 fully saturated rings. The SMILES string of the molecule is Cc1ccc(-n2cnnc2SCC(=O)NC2CCN(c3cc(Br)cc(C(=O)O)c3)C2=O)cc1C. The number of rotatable bonds is 7. The maximum atomic E-state index is 12.9. The third-order valence-electron chi connectivity index (χ3n) is 5.60. The molecular weight excluding hydrogens is 522 g/mol. The highest BCUT2D eigenvalue weighted by Crippen LogP contribution is 2.27. The molecule has 2 heterocycles. The van der Waals surface area contributed by atoms with Gasteiger partial charge in [0.2, 0.25) is 11.8 Å². The van der Waals surface area contributed by atoms with Crippen molar-refractivity contribution in [3.8, 4) is 5.69 Å². The van der Waals surface area contributed by atoms with Crippen LogP contribution >= 0.6 is 27.7 Å². The van der Waals surface area contributed by atoms with E-state index in [1.807, 2.05) is 36.6 Å². The van der Waals surface area contributed by atoms with Gasteiger partial charge >= 0.3 is 5.97 Å². The second-order valence-corrected chi connectivity index (χ2v) is 9.80. The summed E-state index contributed by atoms with van der Waals surface area (Å²) in [4.78, 5) is 38.3. The minimum Gasteiger partial charge on any atom is -0.478 e. The fourth-order valence-corrected chi connectivity index (χ4v) is 4.89. The van der Waals surface area contributed by atoms with E-state index in [2.05, 4.69) is 31.4 Å². The second kappa shape index (κ2) is 9.98. The molecule has 3 aromatic rings. The van der Waals surface area contributed by atoms with Gasteiger partial charge < -0.3 is 15.3 Å². The highest BCUT2D eigenvalue weighted by atomic mass is 79.9. The summed E-state index contributed by atoms with van der Waals surface area (Å²) >= 11 is 4.52. The molecule has 1 saturated heterocycles. The molecule has 2 N–H and O–H groups in total. The Morgan fingerprint density at radius 1 is 1.18 bits per heavy atom. The number of hydrogen-bond acceptors (Lipinski definition) is 6. The lowest BCUT2D eigenvalue weighted by atomic mass is 10.1. The minimum absolute atomic E-state index is 0.0768. The quantitative estimate of drug-likeness (QED) is 0.438. The van der Waals surface area contributed by atoms with Crippen LogP contribution in [-0.2, 0) is 9.59 Å². The zero-order valence-corrected chi connectivity index (χ0v) is 20.9. The van der Waals surface area contributed by atoms with E-state index in [-0.39, 0.29) is 23.1 Å². The number of benzene rings is 2. The van der Waals surface area contributed by atoms with Gasteiger partial charge in [-0.25, -0.2) is 4.79 Å². The van der Waals surface area contributed by atoms with Gasteiger partial charge in [-0.3, -0.25) is 14.2 Å². The summed E-state index contributed by atoms with van der Waals surface area (Å²) in [5, 5.41) is 20.7. The number of amides is 2. The van der Waals surface area contributed by atoms with Gasteiger partial charge in [0, 0.05) is 22.4 Å². The molecule has 2 aromatic carbocycles. The smallest absolute Gasteiger partial charge is 0.335 e. The molecule has 2 amide bonds. The van der Waals surface area contributed by atoms with Crippen LogP contribution in [0.2, 0.25) is 0 Å². The van der Waals surface area contributed by atoms with Crippen LogP contribution in [0.3, 0.4) is 0 Å². The first kappa shape index (κ1) is 24.0. The summed E-state index contributed by atoms with van der Waals surface area (Å²) in [6, 6.07) is 9.96. The molecule has 176 valence electrons. The monoisotopic (exact) mass is 543 g/mol. The molecule has 0 saturated carbocycles. The van der Waals surface area contributed by atoms with E-state index in [0.29, 0.717) is 28.3 Å². The van der Waals surface area contributed by atoms with Crippen molar-refractivity contribution in [2.24, 2.45) is 0 Å². The second-order valence-electron chi connectivity index (χ2n) is 7.94. The highest BCUT2D eigenvalue weighted by molar-refractivity contribution is 9.10. The molecule has 11 heteroatoms. The Morgan fingerprint density at radius 3 is 2.71 bits per heavy atom. The summed E-state index contributed by atoms with van der Waals surface area (Å²) < 4.78 is 2.38. The number of anilines is 1. The van der Waals surface area contributed by atoms with Gasteiger partial charge in [0.1, 0.15) is 12.4 Å². The van der Waals surface area contributed by atoms with Gasteiger partial charge in [0.15, 0.2) is 5.16 Å². The molecule has 1 aliphatic rings. The first-order chi connectivity index (χ1) is 16.2. The number of hydrogen-bond donors (Lipinski definition) is 2. The molecule has 0 spiro atoms. The normalized spacial score (nSPS) is 15.6. The van der Waals surface area contributed by atoms with Gasteiger partial charge in [-0.15, -0.1) is 10.2 Å². The number of nitrogens with one attached hydrogen (secondary N) is 1. The lowest BCUT2D eigenvalue weighted by Crippen LogP contribution is -2.42. The first-order valence-electron chi connectivity index (χ1n) is 10.5. The molecule has 0 radical (unpaired) electrons. The Morgan fingerprint density at radius 2 is 1.97 bits per heavy atom. The number of carboxylic acids is 1. The molecule has 1 aromatic heterocycles. The molecule has 0 aliphatic carbocycles. The van der Waals surface area contributed by atoms with Crippen molar-refractivity contribution in [1.82, 2.24) is 20.1 Å². The average molecular weight is 544 g/mol. The Hall–Kier alpha value is -3.18.